The number of benzene rings is 4. The first-order valence-electron chi connectivity index (χ1n) is 16.7. The van der Waals surface area contributed by atoms with Crippen LogP contribution in [0.5, 0.6) is 0 Å². The van der Waals surface area contributed by atoms with Crippen LogP contribution in [0.4, 0.5) is 0 Å². The van der Waals surface area contributed by atoms with Crippen LogP contribution in [0.2, 0.25) is 0 Å². The summed E-state index contributed by atoms with van der Waals surface area (Å²) >= 11 is 17.2. The van der Waals surface area contributed by atoms with E-state index in [1.807, 2.05) is 60.7 Å². The average Bonchev–Trinajstić information content (AvgIpc) is 3.12. The van der Waals surface area contributed by atoms with E-state index in [-0.39, 0.29) is 31.3 Å². The summed E-state index contributed by atoms with van der Waals surface area (Å²) in [5, 5.41) is 12.3. The van der Waals surface area contributed by atoms with Crippen LogP contribution in [0.3, 0.4) is 0 Å². The van der Waals surface area contributed by atoms with Gasteiger partial charge in [-0.25, -0.2) is 0 Å². The van der Waals surface area contributed by atoms with Gasteiger partial charge in [0.15, 0.2) is 6.29 Å². The Morgan fingerprint density at radius 2 is 1.43 bits per heavy atom. The minimum absolute atomic E-state index is 0.000715. The summed E-state index contributed by atoms with van der Waals surface area (Å²) in [6.07, 6.45) is -0.794. The lowest BCUT2D eigenvalue weighted by molar-refractivity contribution is -0.276. The Labute approximate surface area is 303 Å². The molecule has 0 spiro atoms. The number of nitrogens with zero attached hydrogens (tertiary/aromatic N) is 2. The van der Waals surface area contributed by atoms with Gasteiger partial charge in [0.2, 0.25) is 0 Å². The van der Waals surface area contributed by atoms with E-state index in [2.05, 4.69) is 64.5 Å². The monoisotopic (exact) mass is 721 g/mol. The molecular weight excluding hydrogens is 681 g/mol. The second kappa shape index (κ2) is 16.4. The van der Waals surface area contributed by atoms with Gasteiger partial charge < -0.3 is 19.9 Å². The number of aliphatic hydroxyl groups is 1. The highest BCUT2D eigenvalue weighted by atomic mass is 35.6. The third-order valence-corrected chi connectivity index (χ3v) is 10.00. The highest BCUT2D eigenvalue weighted by Crippen LogP contribution is 2.42. The molecule has 0 aliphatic carbocycles. The van der Waals surface area contributed by atoms with Crippen LogP contribution < -0.4 is 5.32 Å². The van der Waals surface area contributed by atoms with Gasteiger partial charge in [0.25, 0.3) is 9.70 Å². The Bertz CT molecular complexity index is 1660. The van der Waals surface area contributed by atoms with Crippen LogP contribution in [-0.2, 0) is 34.0 Å². The number of hydrogen-bond donors (Lipinski definition) is 2. The molecule has 4 atom stereocenters. The molecule has 2 saturated heterocycles. The molecule has 7 nitrogen and oxygen atoms in total. The van der Waals surface area contributed by atoms with Crippen molar-refractivity contribution in [1.82, 2.24) is 15.1 Å². The number of nitrogens with one attached hydrogen (secondary N) is 1. The average molecular weight is 723 g/mol. The topological polar surface area (TPSA) is 74.3 Å². The molecule has 0 saturated carbocycles. The fourth-order valence-corrected chi connectivity index (χ4v) is 6.81. The number of carbonyl (C=O) groups excluding carboxylic acids is 1. The molecule has 2 N–H and O–H groups in total. The summed E-state index contributed by atoms with van der Waals surface area (Å²) < 4.78 is 11.5. The number of amides is 1. The molecule has 49 heavy (non-hydrogen) atoms. The van der Waals surface area contributed by atoms with Gasteiger partial charge in [0.05, 0.1) is 18.8 Å². The van der Waals surface area contributed by atoms with Gasteiger partial charge in [0.1, 0.15) is 0 Å². The minimum Gasteiger partial charge on any atom is -0.392 e. The first-order chi connectivity index (χ1) is 23.7. The molecule has 10 heteroatoms. The largest absolute Gasteiger partial charge is 0.392 e. The van der Waals surface area contributed by atoms with Crippen molar-refractivity contribution >= 4 is 40.7 Å². The van der Waals surface area contributed by atoms with Crippen molar-refractivity contribution in [3.05, 3.63) is 131 Å². The summed E-state index contributed by atoms with van der Waals surface area (Å²) in [6.45, 7) is 8.20. The maximum absolute atomic E-state index is 12.2. The van der Waals surface area contributed by atoms with E-state index >= 15 is 0 Å². The standard InChI is InChI=1S/C39H42Cl3N3O4/c1-27-35(25-45-21-19-44(20-22-45)24-28-7-3-2-4-8-28)48-37(49-36(27)31-13-11-29(26-46)12-14-31)32-17-15-30(16-18-32)34-10-6-5-9-33(34)23-43-38(47)39(40,41)42/h2-18,27,35-37,46H,19-26H2,1H3,(H,43,47)/t27-,35+,36+,37+/m1/s1. The number of piperazine rings is 1. The number of hydrogen-bond acceptors (Lipinski definition) is 6. The predicted molar refractivity (Wildman–Crippen MR) is 195 cm³/mol. The zero-order valence-electron chi connectivity index (χ0n) is 27.5. The second-order valence-electron chi connectivity index (χ2n) is 12.8. The molecule has 0 unspecified atom stereocenters. The molecule has 6 rings (SSSR count). The number of aliphatic hydroxyl groups excluding tert-OH is 1. The molecule has 1 amide bonds. The van der Waals surface area contributed by atoms with Gasteiger partial charge in [-0.05, 0) is 33.4 Å². The van der Waals surface area contributed by atoms with Crippen molar-refractivity contribution in [2.24, 2.45) is 5.92 Å². The van der Waals surface area contributed by atoms with Gasteiger partial charge >= 0.3 is 0 Å². The highest BCUT2D eigenvalue weighted by molar-refractivity contribution is 6.76. The fourth-order valence-electron chi connectivity index (χ4n) is 6.61. The Balaban J connectivity index is 1.17. The number of carbonyl (C=O) groups is 1. The SMILES string of the molecule is C[C@@H]1[C@H](CN2CCN(Cc3ccccc3)CC2)O[C@H](c2ccc(-c3ccccc3CNC(=O)C(Cl)(Cl)Cl)cc2)O[C@@H]1c1ccc(CO)cc1. The first-order valence-corrected chi connectivity index (χ1v) is 17.8. The van der Waals surface area contributed by atoms with E-state index < -0.39 is 16.0 Å². The predicted octanol–water partition coefficient (Wildman–Crippen LogP) is 7.44. The molecule has 258 valence electrons. The number of ether oxygens (including phenoxy) is 2. The van der Waals surface area contributed by atoms with E-state index in [1.165, 1.54) is 5.56 Å². The first kappa shape index (κ1) is 35.8. The normalized spacial score (nSPS) is 22.1. The van der Waals surface area contributed by atoms with Crippen molar-refractivity contribution in [3.8, 4) is 11.1 Å². The number of rotatable bonds is 10. The zero-order chi connectivity index (χ0) is 34.4. The van der Waals surface area contributed by atoms with Crippen molar-refractivity contribution in [2.45, 2.75) is 48.9 Å². The van der Waals surface area contributed by atoms with Crippen LogP contribution in [-0.4, -0.2) is 63.4 Å². The molecule has 4 aromatic rings. The molecule has 2 aliphatic rings. The second-order valence-corrected chi connectivity index (χ2v) is 15.1. The molecule has 0 bridgehead atoms. The Kier molecular flexibility index (Phi) is 12.0. The van der Waals surface area contributed by atoms with E-state index in [4.69, 9.17) is 44.3 Å². The minimum atomic E-state index is -2.03. The van der Waals surface area contributed by atoms with Crippen LogP contribution in [0, 0.1) is 5.92 Å². The number of alkyl halides is 3. The maximum atomic E-state index is 12.2. The van der Waals surface area contributed by atoms with Crippen molar-refractivity contribution in [1.29, 1.82) is 0 Å². The highest BCUT2D eigenvalue weighted by Gasteiger charge is 2.39. The van der Waals surface area contributed by atoms with E-state index in [9.17, 15) is 9.90 Å². The third kappa shape index (κ3) is 9.23. The summed E-state index contributed by atoms with van der Waals surface area (Å²) in [7, 11) is 0. The summed E-state index contributed by atoms with van der Waals surface area (Å²) in [5.74, 6) is -0.569. The summed E-state index contributed by atoms with van der Waals surface area (Å²) in [4.78, 5) is 17.2. The van der Waals surface area contributed by atoms with Gasteiger partial charge in [-0.1, -0.05) is 145 Å². The fraction of sp³-hybridized carbons (Fsp3) is 0.359. The van der Waals surface area contributed by atoms with Gasteiger partial charge in [-0.2, -0.15) is 0 Å². The molecule has 0 radical (unpaired) electrons. The Morgan fingerprint density at radius 3 is 2.10 bits per heavy atom. The maximum Gasteiger partial charge on any atom is 0.272 e. The molecule has 2 heterocycles. The lowest BCUT2D eigenvalue weighted by Crippen LogP contribution is -2.51. The van der Waals surface area contributed by atoms with Gasteiger partial charge in [-0.15, -0.1) is 0 Å². The third-order valence-electron chi connectivity index (χ3n) is 9.48. The molecule has 2 fully saturated rings. The Hall–Kier alpha value is -2.98. The van der Waals surface area contributed by atoms with E-state index in [0.717, 1.165) is 72.6 Å². The van der Waals surface area contributed by atoms with Crippen molar-refractivity contribution in [2.75, 3.05) is 32.7 Å². The summed E-state index contributed by atoms with van der Waals surface area (Å²) in [5.41, 5.74) is 7.04. The lowest BCUT2D eigenvalue weighted by atomic mass is 9.89. The summed E-state index contributed by atoms with van der Waals surface area (Å²) in [6, 6.07) is 34.6. The van der Waals surface area contributed by atoms with E-state index in [0.29, 0.717) is 0 Å². The lowest BCUT2D eigenvalue weighted by Gasteiger charge is -2.44. The number of halogens is 3. The quantitative estimate of drug-likeness (QED) is 0.166. The van der Waals surface area contributed by atoms with Gasteiger partial charge in [0, 0.05) is 57.3 Å². The smallest absolute Gasteiger partial charge is 0.272 e. The van der Waals surface area contributed by atoms with Crippen LogP contribution >= 0.6 is 34.8 Å². The van der Waals surface area contributed by atoms with Crippen molar-refractivity contribution < 1.29 is 19.4 Å². The Morgan fingerprint density at radius 1 is 0.796 bits per heavy atom. The van der Waals surface area contributed by atoms with Gasteiger partial charge in [-0.3, -0.25) is 14.6 Å². The molecule has 0 aromatic heterocycles. The van der Waals surface area contributed by atoms with Crippen LogP contribution in [0.1, 0.15) is 47.1 Å². The molecular formula is C39H42Cl3N3O4. The van der Waals surface area contributed by atoms with Crippen LogP contribution in [0.25, 0.3) is 11.1 Å². The van der Waals surface area contributed by atoms with Crippen molar-refractivity contribution in [3.63, 3.8) is 0 Å². The zero-order valence-corrected chi connectivity index (χ0v) is 29.7. The molecule has 4 aromatic carbocycles. The van der Waals surface area contributed by atoms with E-state index in [1.54, 1.807) is 0 Å². The molecule has 2 aliphatic heterocycles. The van der Waals surface area contributed by atoms with Crippen LogP contribution in [0.15, 0.2) is 103 Å².